The standard InChI is InChI=1S/C11H11ClO4S.C7H12N2S/c12-8-2-4-9(5-3-8)17(15,16)11(10(13)14)6-1-7-11;1-7(2,3)5-4-9-6(8)10-5/h2-5H,1,6-7H2,(H,13,14);4H,1-3H3,(H2,8,9). The highest BCUT2D eigenvalue weighted by atomic mass is 35.5. The summed E-state index contributed by atoms with van der Waals surface area (Å²) in [6, 6.07) is 5.59. The van der Waals surface area contributed by atoms with Gasteiger partial charge in [-0.2, -0.15) is 0 Å². The maximum Gasteiger partial charge on any atom is 0.325 e. The minimum atomic E-state index is -3.84. The van der Waals surface area contributed by atoms with Crippen LogP contribution in [0.1, 0.15) is 44.9 Å². The number of hydrogen-bond donors (Lipinski definition) is 2. The van der Waals surface area contributed by atoms with E-state index in [1.807, 2.05) is 6.20 Å². The van der Waals surface area contributed by atoms with E-state index in [-0.39, 0.29) is 23.2 Å². The summed E-state index contributed by atoms with van der Waals surface area (Å²) < 4.78 is 22.9. The van der Waals surface area contributed by atoms with E-state index in [0.29, 0.717) is 16.6 Å². The van der Waals surface area contributed by atoms with E-state index in [0.717, 1.165) is 0 Å². The summed E-state index contributed by atoms with van der Waals surface area (Å²) >= 11 is 7.24. The number of thiazole rings is 1. The van der Waals surface area contributed by atoms with Crippen LogP contribution in [0.3, 0.4) is 0 Å². The smallest absolute Gasteiger partial charge is 0.325 e. The zero-order valence-electron chi connectivity index (χ0n) is 15.4. The second-order valence-electron chi connectivity index (χ2n) is 7.42. The largest absolute Gasteiger partial charge is 0.480 e. The summed E-state index contributed by atoms with van der Waals surface area (Å²) in [7, 11) is -3.84. The lowest BCUT2D eigenvalue weighted by Gasteiger charge is -2.36. The highest BCUT2D eigenvalue weighted by Gasteiger charge is 2.56. The third kappa shape index (κ3) is 4.44. The molecule has 0 bridgehead atoms. The molecule has 1 aromatic heterocycles. The Bertz CT molecular complexity index is 912. The molecule has 0 atom stereocenters. The molecule has 9 heteroatoms. The summed E-state index contributed by atoms with van der Waals surface area (Å²) in [5.41, 5.74) is 5.67. The van der Waals surface area contributed by atoms with Gasteiger partial charge in [-0.05, 0) is 48.9 Å². The van der Waals surface area contributed by atoms with E-state index in [9.17, 15) is 13.2 Å². The Morgan fingerprint density at radius 2 is 1.81 bits per heavy atom. The van der Waals surface area contributed by atoms with Crippen molar-refractivity contribution in [3.05, 3.63) is 40.4 Å². The third-order valence-electron chi connectivity index (χ3n) is 4.45. The Morgan fingerprint density at radius 3 is 2.11 bits per heavy atom. The van der Waals surface area contributed by atoms with Crippen LogP contribution in [0, 0.1) is 0 Å². The van der Waals surface area contributed by atoms with Gasteiger partial charge in [0.05, 0.1) is 4.90 Å². The number of carboxylic acid groups (broad SMARTS) is 1. The lowest BCUT2D eigenvalue weighted by Crippen LogP contribution is -2.51. The molecule has 1 saturated carbocycles. The van der Waals surface area contributed by atoms with E-state index in [1.165, 1.54) is 29.1 Å². The van der Waals surface area contributed by atoms with Crippen LogP contribution in [0.4, 0.5) is 5.13 Å². The molecule has 6 nitrogen and oxygen atoms in total. The number of hydrogen-bond acceptors (Lipinski definition) is 6. The highest BCUT2D eigenvalue weighted by Crippen LogP contribution is 2.43. The average Bonchev–Trinajstić information content (AvgIpc) is 2.93. The SMILES string of the molecule is CC(C)(C)c1cnc(N)s1.O=C(O)C1(S(=O)(=O)c2ccc(Cl)cc2)CCC1. The molecule has 0 spiro atoms. The molecule has 0 amide bonds. The highest BCUT2D eigenvalue weighted by molar-refractivity contribution is 7.93. The van der Waals surface area contributed by atoms with Crippen molar-refractivity contribution in [2.75, 3.05) is 5.73 Å². The minimum Gasteiger partial charge on any atom is -0.480 e. The fraction of sp³-hybridized carbons (Fsp3) is 0.444. The summed E-state index contributed by atoms with van der Waals surface area (Å²) in [5, 5.41) is 10.2. The maximum absolute atomic E-state index is 12.3. The number of carboxylic acids is 1. The molecular formula is C18H23ClN2O4S2. The number of aliphatic carboxylic acids is 1. The lowest BCUT2D eigenvalue weighted by atomic mass is 9.84. The van der Waals surface area contributed by atoms with Crippen LogP contribution in [-0.2, 0) is 20.0 Å². The molecule has 0 radical (unpaired) electrons. The van der Waals surface area contributed by atoms with Crippen LogP contribution < -0.4 is 5.73 Å². The molecule has 1 aromatic carbocycles. The number of halogens is 1. The van der Waals surface area contributed by atoms with E-state index in [1.54, 1.807) is 11.3 Å². The number of aromatic nitrogens is 1. The first kappa shape index (κ1) is 21.7. The second-order valence-corrected chi connectivity index (χ2v) is 11.2. The first-order valence-corrected chi connectivity index (χ1v) is 11.0. The van der Waals surface area contributed by atoms with Crippen LogP contribution in [0.15, 0.2) is 35.4 Å². The molecule has 1 heterocycles. The number of nitrogen functional groups attached to an aromatic ring is 1. The van der Waals surface area contributed by atoms with Crippen LogP contribution >= 0.6 is 22.9 Å². The number of anilines is 1. The van der Waals surface area contributed by atoms with Crippen molar-refractivity contribution in [3.8, 4) is 0 Å². The number of sulfone groups is 1. The number of rotatable bonds is 3. The summed E-state index contributed by atoms with van der Waals surface area (Å²) in [6.45, 7) is 6.46. The molecule has 1 fully saturated rings. The predicted octanol–water partition coefficient (Wildman–Crippen LogP) is 4.14. The fourth-order valence-electron chi connectivity index (χ4n) is 2.57. The number of nitrogens with two attached hydrogens (primary N) is 1. The Labute approximate surface area is 168 Å². The van der Waals surface area contributed by atoms with Gasteiger partial charge < -0.3 is 10.8 Å². The van der Waals surface area contributed by atoms with Crippen LogP contribution in [0.25, 0.3) is 0 Å². The Kier molecular flexibility index (Phi) is 6.23. The lowest BCUT2D eigenvalue weighted by molar-refractivity contribution is -0.142. The van der Waals surface area contributed by atoms with E-state index >= 15 is 0 Å². The number of benzene rings is 1. The van der Waals surface area contributed by atoms with Crippen molar-refractivity contribution in [1.29, 1.82) is 0 Å². The third-order valence-corrected chi connectivity index (χ3v) is 8.46. The minimum absolute atomic E-state index is 0.0176. The molecule has 148 valence electrons. The Balaban J connectivity index is 0.000000223. The summed E-state index contributed by atoms with van der Waals surface area (Å²) in [6.07, 6.45) is 2.82. The Hall–Kier alpha value is -1.64. The molecule has 2 aromatic rings. The van der Waals surface area contributed by atoms with Gasteiger partial charge in [-0.15, -0.1) is 11.3 Å². The van der Waals surface area contributed by atoms with Crippen molar-refractivity contribution in [2.45, 2.75) is 55.1 Å². The van der Waals surface area contributed by atoms with Gasteiger partial charge in [0.15, 0.2) is 19.7 Å². The molecule has 0 saturated heterocycles. The zero-order valence-corrected chi connectivity index (χ0v) is 17.8. The summed E-state index contributed by atoms with van der Waals surface area (Å²) in [5.74, 6) is -1.27. The van der Waals surface area contributed by atoms with E-state index in [4.69, 9.17) is 22.4 Å². The van der Waals surface area contributed by atoms with Gasteiger partial charge in [0.2, 0.25) is 0 Å². The van der Waals surface area contributed by atoms with Gasteiger partial charge in [-0.1, -0.05) is 32.4 Å². The van der Waals surface area contributed by atoms with Crippen molar-refractivity contribution in [3.63, 3.8) is 0 Å². The van der Waals surface area contributed by atoms with Gasteiger partial charge in [-0.25, -0.2) is 13.4 Å². The van der Waals surface area contributed by atoms with Crippen molar-refractivity contribution >= 4 is 43.9 Å². The molecule has 3 rings (SSSR count). The fourth-order valence-corrected chi connectivity index (χ4v) is 5.44. The van der Waals surface area contributed by atoms with Crippen LogP contribution in [0.2, 0.25) is 5.02 Å². The zero-order chi connectivity index (χ0) is 20.5. The Morgan fingerprint density at radius 1 is 1.26 bits per heavy atom. The molecule has 3 N–H and O–H groups in total. The first-order valence-electron chi connectivity index (χ1n) is 8.35. The van der Waals surface area contributed by atoms with Gasteiger partial charge in [-0.3, -0.25) is 4.79 Å². The maximum atomic E-state index is 12.3. The van der Waals surface area contributed by atoms with E-state index < -0.39 is 20.6 Å². The van der Waals surface area contributed by atoms with Gasteiger partial charge in [0.1, 0.15) is 0 Å². The predicted molar refractivity (Wildman–Crippen MR) is 108 cm³/mol. The average molecular weight is 431 g/mol. The first-order chi connectivity index (χ1) is 12.4. The second kappa shape index (κ2) is 7.77. The molecule has 27 heavy (non-hydrogen) atoms. The van der Waals surface area contributed by atoms with Crippen LogP contribution in [-0.4, -0.2) is 29.2 Å². The van der Waals surface area contributed by atoms with Gasteiger partial charge >= 0.3 is 5.97 Å². The number of nitrogens with zero attached hydrogens (tertiary/aromatic N) is 1. The molecule has 0 unspecified atom stereocenters. The van der Waals surface area contributed by atoms with Crippen molar-refractivity contribution in [1.82, 2.24) is 4.98 Å². The molecular weight excluding hydrogens is 408 g/mol. The van der Waals surface area contributed by atoms with Crippen LogP contribution in [0.5, 0.6) is 0 Å². The topological polar surface area (TPSA) is 110 Å². The van der Waals surface area contributed by atoms with Gasteiger partial charge in [0.25, 0.3) is 0 Å². The normalized spacial score (nSPS) is 16.0. The monoisotopic (exact) mass is 430 g/mol. The quantitative estimate of drug-likeness (QED) is 0.756. The summed E-state index contributed by atoms with van der Waals surface area (Å²) in [4.78, 5) is 16.4. The molecule has 1 aliphatic rings. The molecule has 1 aliphatic carbocycles. The molecule has 0 aliphatic heterocycles. The van der Waals surface area contributed by atoms with Crippen molar-refractivity contribution in [2.24, 2.45) is 0 Å². The van der Waals surface area contributed by atoms with E-state index in [2.05, 4.69) is 25.8 Å². The number of carbonyl (C=O) groups is 1. The van der Waals surface area contributed by atoms with Gasteiger partial charge in [0, 0.05) is 16.1 Å². The van der Waals surface area contributed by atoms with Crippen molar-refractivity contribution < 1.29 is 18.3 Å².